The Bertz CT molecular complexity index is 528. The number of rotatable bonds is 6. The lowest BCUT2D eigenvalue weighted by molar-refractivity contribution is -0.134. The third-order valence-electron chi connectivity index (χ3n) is 4.13. The molecule has 1 atom stereocenters. The van der Waals surface area contributed by atoms with Crippen molar-refractivity contribution in [2.24, 2.45) is 0 Å². The van der Waals surface area contributed by atoms with Gasteiger partial charge in [0.2, 0.25) is 5.91 Å². The first kappa shape index (κ1) is 18.3. The van der Waals surface area contributed by atoms with Crippen LogP contribution in [0, 0.1) is 0 Å². The Morgan fingerprint density at radius 3 is 2.46 bits per heavy atom. The van der Waals surface area contributed by atoms with Gasteiger partial charge < -0.3 is 19.9 Å². The van der Waals surface area contributed by atoms with Crippen LogP contribution < -0.4 is 5.32 Å². The Morgan fingerprint density at radius 1 is 1.17 bits per heavy atom. The smallest absolute Gasteiger partial charge is 0.407 e. The molecule has 6 nitrogen and oxygen atoms in total. The van der Waals surface area contributed by atoms with E-state index in [2.05, 4.69) is 10.2 Å². The summed E-state index contributed by atoms with van der Waals surface area (Å²) in [6.07, 6.45) is 0.691. The van der Waals surface area contributed by atoms with Crippen LogP contribution in [-0.2, 0) is 16.0 Å². The summed E-state index contributed by atoms with van der Waals surface area (Å²) in [7, 11) is 2.05. The predicted molar refractivity (Wildman–Crippen MR) is 92.8 cm³/mol. The van der Waals surface area contributed by atoms with Crippen LogP contribution in [0.2, 0.25) is 0 Å². The minimum absolute atomic E-state index is 0.0413. The van der Waals surface area contributed by atoms with Crippen LogP contribution >= 0.6 is 0 Å². The van der Waals surface area contributed by atoms with E-state index in [1.54, 1.807) is 0 Å². The van der Waals surface area contributed by atoms with Crippen molar-refractivity contribution in [3.63, 3.8) is 0 Å². The molecule has 1 saturated heterocycles. The lowest BCUT2D eigenvalue weighted by atomic mass is 10.0. The van der Waals surface area contributed by atoms with E-state index in [1.165, 1.54) is 0 Å². The van der Waals surface area contributed by atoms with Crippen LogP contribution in [0.15, 0.2) is 30.3 Å². The monoisotopic (exact) mass is 333 g/mol. The van der Waals surface area contributed by atoms with Gasteiger partial charge in [0.05, 0.1) is 6.61 Å². The highest BCUT2D eigenvalue weighted by Gasteiger charge is 2.28. The minimum atomic E-state index is -0.597. The van der Waals surface area contributed by atoms with Gasteiger partial charge in [-0.25, -0.2) is 4.79 Å². The number of amides is 2. The second-order valence-electron chi connectivity index (χ2n) is 6.15. The molecular formula is C18H27N3O3. The van der Waals surface area contributed by atoms with Gasteiger partial charge in [0, 0.05) is 32.6 Å². The molecule has 132 valence electrons. The van der Waals surface area contributed by atoms with E-state index < -0.39 is 12.1 Å². The van der Waals surface area contributed by atoms with Crippen LogP contribution in [0.5, 0.6) is 0 Å². The largest absolute Gasteiger partial charge is 0.450 e. The zero-order valence-corrected chi connectivity index (χ0v) is 14.5. The highest BCUT2D eigenvalue weighted by atomic mass is 16.5. The zero-order chi connectivity index (χ0) is 17.4. The van der Waals surface area contributed by atoms with Crippen molar-refractivity contribution in [2.75, 3.05) is 39.8 Å². The fourth-order valence-corrected chi connectivity index (χ4v) is 2.68. The molecule has 0 saturated carbocycles. The molecular weight excluding hydrogens is 306 g/mol. The molecule has 1 aromatic rings. The quantitative estimate of drug-likeness (QED) is 0.857. The summed E-state index contributed by atoms with van der Waals surface area (Å²) < 4.78 is 5.08. The Balaban J connectivity index is 2.03. The lowest BCUT2D eigenvalue weighted by Gasteiger charge is -2.34. The van der Waals surface area contributed by atoms with Crippen LogP contribution in [0.4, 0.5) is 4.79 Å². The van der Waals surface area contributed by atoms with Crippen LogP contribution in [0.3, 0.4) is 0 Å². The molecule has 0 radical (unpaired) electrons. The van der Waals surface area contributed by atoms with Crippen molar-refractivity contribution in [2.45, 2.75) is 25.8 Å². The van der Waals surface area contributed by atoms with E-state index in [1.807, 2.05) is 49.2 Å². The Labute approximate surface area is 143 Å². The third kappa shape index (κ3) is 5.53. The molecule has 2 amide bonds. The third-order valence-corrected chi connectivity index (χ3v) is 4.13. The SMILES string of the molecule is CCCOC(=O)NC(Cc1ccccc1)C(=O)N1CCN(C)CC1. The molecule has 1 aromatic carbocycles. The summed E-state index contributed by atoms with van der Waals surface area (Å²) in [5.41, 5.74) is 1.01. The first-order chi connectivity index (χ1) is 11.6. The van der Waals surface area contributed by atoms with Crippen molar-refractivity contribution >= 4 is 12.0 Å². The second-order valence-corrected chi connectivity index (χ2v) is 6.15. The van der Waals surface area contributed by atoms with Gasteiger partial charge in [-0.3, -0.25) is 4.79 Å². The number of carbonyl (C=O) groups excluding carboxylic acids is 2. The fourth-order valence-electron chi connectivity index (χ4n) is 2.68. The highest BCUT2D eigenvalue weighted by molar-refractivity contribution is 5.86. The average molecular weight is 333 g/mol. The Hall–Kier alpha value is -2.08. The number of hydrogen-bond donors (Lipinski definition) is 1. The number of nitrogens with one attached hydrogen (secondary N) is 1. The minimum Gasteiger partial charge on any atom is -0.450 e. The van der Waals surface area contributed by atoms with Gasteiger partial charge in [0.1, 0.15) is 6.04 Å². The zero-order valence-electron chi connectivity index (χ0n) is 14.5. The molecule has 2 rings (SSSR count). The lowest BCUT2D eigenvalue weighted by Crippen LogP contribution is -2.55. The van der Waals surface area contributed by atoms with E-state index in [4.69, 9.17) is 4.74 Å². The van der Waals surface area contributed by atoms with Crippen LogP contribution in [0.1, 0.15) is 18.9 Å². The molecule has 0 aliphatic carbocycles. The van der Waals surface area contributed by atoms with Crippen molar-refractivity contribution in [1.29, 1.82) is 0 Å². The molecule has 1 heterocycles. The van der Waals surface area contributed by atoms with Crippen molar-refractivity contribution < 1.29 is 14.3 Å². The highest BCUT2D eigenvalue weighted by Crippen LogP contribution is 2.09. The van der Waals surface area contributed by atoms with Crippen molar-refractivity contribution in [3.05, 3.63) is 35.9 Å². The van der Waals surface area contributed by atoms with Gasteiger partial charge in [-0.2, -0.15) is 0 Å². The molecule has 1 fully saturated rings. The molecule has 1 aliphatic heterocycles. The number of ether oxygens (including phenoxy) is 1. The van der Waals surface area contributed by atoms with Crippen molar-refractivity contribution in [3.8, 4) is 0 Å². The molecule has 1 N–H and O–H groups in total. The second kappa shape index (κ2) is 9.27. The van der Waals surface area contributed by atoms with E-state index >= 15 is 0 Å². The maximum atomic E-state index is 12.9. The van der Waals surface area contributed by atoms with Gasteiger partial charge in [0.25, 0.3) is 0 Å². The van der Waals surface area contributed by atoms with Gasteiger partial charge in [0.15, 0.2) is 0 Å². The van der Waals surface area contributed by atoms with Gasteiger partial charge in [-0.15, -0.1) is 0 Å². The van der Waals surface area contributed by atoms with E-state index in [0.717, 1.165) is 25.1 Å². The number of piperazine rings is 1. The number of alkyl carbamates (subject to hydrolysis) is 1. The summed E-state index contributed by atoms with van der Waals surface area (Å²) in [4.78, 5) is 28.8. The Kier molecular flexibility index (Phi) is 7.06. The Morgan fingerprint density at radius 2 is 1.83 bits per heavy atom. The fraction of sp³-hybridized carbons (Fsp3) is 0.556. The summed E-state index contributed by atoms with van der Waals surface area (Å²) in [5, 5.41) is 2.74. The maximum absolute atomic E-state index is 12.9. The molecule has 6 heteroatoms. The van der Waals surface area contributed by atoms with Crippen LogP contribution in [-0.4, -0.2) is 67.7 Å². The normalized spacial score (nSPS) is 16.5. The summed E-state index contributed by atoms with van der Waals surface area (Å²) in [5.74, 6) is -0.0413. The molecule has 1 unspecified atom stereocenters. The molecule has 0 spiro atoms. The van der Waals surface area contributed by atoms with E-state index in [9.17, 15) is 9.59 Å². The molecule has 1 aliphatic rings. The summed E-state index contributed by atoms with van der Waals surface area (Å²) in [6.45, 7) is 5.36. The standard InChI is InChI=1S/C18H27N3O3/c1-3-13-24-18(23)19-16(14-15-7-5-4-6-8-15)17(22)21-11-9-20(2)10-12-21/h4-8,16H,3,9-14H2,1-2H3,(H,19,23). The van der Waals surface area contributed by atoms with Gasteiger partial charge in [-0.05, 0) is 19.0 Å². The number of nitrogens with zero attached hydrogens (tertiary/aromatic N) is 2. The van der Waals surface area contributed by atoms with E-state index in [0.29, 0.717) is 26.1 Å². The first-order valence-electron chi connectivity index (χ1n) is 8.54. The van der Waals surface area contributed by atoms with Gasteiger partial charge >= 0.3 is 6.09 Å². The maximum Gasteiger partial charge on any atom is 0.407 e. The topological polar surface area (TPSA) is 61.9 Å². The summed E-state index contributed by atoms with van der Waals surface area (Å²) in [6, 6.07) is 9.13. The number of benzene rings is 1. The molecule has 0 bridgehead atoms. The van der Waals surface area contributed by atoms with E-state index in [-0.39, 0.29) is 5.91 Å². The van der Waals surface area contributed by atoms with Crippen molar-refractivity contribution in [1.82, 2.24) is 15.1 Å². The molecule has 24 heavy (non-hydrogen) atoms. The summed E-state index contributed by atoms with van der Waals surface area (Å²) >= 11 is 0. The molecule has 0 aromatic heterocycles. The number of carbonyl (C=O) groups is 2. The van der Waals surface area contributed by atoms with Gasteiger partial charge in [-0.1, -0.05) is 37.3 Å². The van der Waals surface area contributed by atoms with Crippen LogP contribution in [0.25, 0.3) is 0 Å². The predicted octanol–water partition coefficient (Wildman–Crippen LogP) is 1.51. The first-order valence-corrected chi connectivity index (χ1v) is 8.54. The number of hydrogen-bond acceptors (Lipinski definition) is 4. The number of likely N-dealkylation sites (N-methyl/N-ethyl adjacent to an activating group) is 1. The average Bonchev–Trinajstić information content (AvgIpc) is 2.60.